The second-order valence-corrected chi connectivity index (χ2v) is 13.2. The van der Waals surface area contributed by atoms with E-state index in [2.05, 4.69) is 4.90 Å². The molecule has 0 bridgehead atoms. The molecule has 0 spiro atoms. The number of ether oxygens (including phenoxy) is 1. The number of nitrogens with one attached hydrogen (secondary N) is 1. The van der Waals surface area contributed by atoms with Gasteiger partial charge in [-0.15, -0.1) is 0 Å². The van der Waals surface area contributed by atoms with Crippen LogP contribution in [0.5, 0.6) is 5.75 Å². The number of likely N-dealkylation sites (tertiary alicyclic amines) is 1. The Morgan fingerprint density at radius 3 is 2.60 bits per heavy atom. The van der Waals surface area contributed by atoms with Gasteiger partial charge in [0.2, 0.25) is 10.0 Å². The lowest BCUT2D eigenvalue weighted by Crippen LogP contribution is -2.42. The third-order valence-electron chi connectivity index (χ3n) is 7.58. The van der Waals surface area contributed by atoms with E-state index < -0.39 is 21.7 Å². The van der Waals surface area contributed by atoms with E-state index in [1.54, 1.807) is 48.6 Å². The molecule has 1 saturated heterocycles. The van der Waals surface area contributed by atoms with Gasteiger partial charge in [0, 0.05) is 44.5 Å². The maximum Gasteiger partial charge on any atom is 0.320 e. The average molecular weight is 630 g/mol. The maximum atomic E-state index is 13.0. The molecule has 12 heteroatoms. The van der Waals surface area contributed by atoms with E-state index >= 15 is 0 Å². The number of rotatable bonds is 10. The Kier molecular flexibility index (Phi) is 11.5. The number of halogens is 1. The number of nitrogens with zero attached hydrogens (tertiary/aromatic N) is 3. The van der Waals surface area contributed by atoms with E-state index in [0.717, 1.165) is 49.6 Å². The maximum absolute atomic E-state index is 13.0. The molecule has 4 rings (SSSR count). The molecule has 0 aromatic heterocycles. The summed E-state index contributed by atoms with van der Waals surface area (Å²) >= 11 is 6.58. The van der Waals surface area contributed by atoms with Crippen molar-refractivity contribution in [1.29, 1.82) is 5.41 Å². The number of aliphatic imine (C=N–C) groups is 1. The third kappa shape index (κ3) is 9.46. The van der Waals surface area contributed by atoms with Crippen LogP contribution in [0.2, 0.25) is 5.02 Å². The van der Waals surface area contributed by atoms with Crippen molar-refractivity contribution in [2.45, 2.75) is 57.5 Å². The van der Waals surface area contributed by atoms with Crippen molar-refractivity contribution in [2.75, 3.05) is 36.2 Å². The van der Waals surface area contributed by atoms with Crippen molar-refractivity contribution < 1.29 is 23.1 Å². The Morgan fingerprint density at radius 2 is 1.88 bits per heavy atom. The molecule has 2 aromatic carbocycles. The molecule has 0 saturated carbocycles. The van der Waals surface area contributed by atoms with Gasteiger partial charge < -0.3 is 20.5 Å². The summed E-state index contributed by atoms with van der Waals surface area (Å²) < 4.78 is 33.3. The molecule has 0 aliphatic carbocycles. The number of carboxylic acid groups (broad SMARTS) is 1. The number of carbonyl (C=O) groups is 1. The molecule has 2 aliphatic rings. The van der Waals surface area contributed by atoms with E-state index in [9.17, 15) is 18.3 Å². The van der Waals surface area contributed by atoms with Crippen molar-refractivity contribution in [1.82, 2.24) is 4.90 Å². The molecule has 2 aliphatic heterocycles. The number of amidine groups is 2. The van der Waals surface area contributed by atoms with Crippen LogP contribution in [0.25, 0.3) is 6.08 Å². The predicted octanol–water partition coefficient (Wildman–Crippen LogP) is 5.15. The summed E-state index contributed by atoms with van der Waals surface area (Å²) in [6.45, 7) is 2.50. The van der Waals surface area contributed by atoms with Gasteiger partial charge in [-0.3, -0.25) is 19.5 Å². The zero-order valence-electron chi connectivity index (χ0n) is 24.3. The zero-order valence-corrected chi connectivity index (χ0v) is 25.8. The zero-order chi connectivity index (χ0) is 30.8. The number of sulfonamides is 1. The molecule has 2 heterocycles. The molecular formula is C31H40ClN5O5S. The Balaban J connectivity index is 1.44. The highest BCUT2D eigenvalue weighted by molar-refractivity contribution is 7.93. The fourth-order valence-electron chi connectivity index (χ4n) is 5.33. The highest BCUT2D eigenvalue weighted by atomic mass is 35.5. The van der Waals surface area contributed by atoms with Gasteiger partial charge in [0.1, 0.15) is 17.7 Å². The SMILES string of the molecule is N=C(N)c1cccc(C=CCN(c2ccc(OC3CCN(C4=NCCCCCCC4)CC3)c(Cl)c2)S(=O)(=O)CC(=O)O)c1. The first-order chi connectivity index (χ1) is 20.6. The molecule has 4 N–H and O–H groups in total. The quantitative estimate of drug-likeness (QED) is 0.243. The van der Waals surface area contributed by atoms with E-state index in [1.807, 2.05) is 0 Å². The minimum absolute atomic E-state index is 0.0305. The smallest absolute Gasteiger partial charge is 0.320 e. The summed E-state index contributed by atoms with van der Waals surface area (Å²) in [4.78, 5) is 18.6. The first kappa shape index (κ1) is 32.3. The van der Waals surface area contributed by atoms with E-state index in [4.69, 9.17) is 32.5 Å². The van der Waals surface area contributed by atoms with Gasteiger partial charge >= 0.3 is 5.97 Å². The van der Waals surface area contributed by atoms with Crippen LogP contribution in [0.1, 0.15) is 62.5 Å². The molecule has 43 heavy (non-hydrogen) atoms. The molecule has 0 atom stereocenters. The van der Waals surface area contributed by atoms with Gasteiger partial charge in [-0.1, -0.05) is 61.2 Å². The van der Waals surface area contributed by atoms with Gasteiger partial charge in [-0.05, 0) is 42.7 Å². The number of carboxylic acids is 1. The normalized spacial score (nSPS) is 17.0. The highest BCUT2D eigenvalue weighted by Crippen LogP contribution is 2.33. The number of anilines is 1. The highest BCUT2D eigenvalue weighted by Gasteiger charge is 2.27. The summed E-state index contributed by atoms with van der Waals surface area (Å²) in [5.41, 5.74) is 7.05. The van der Waals surface area contributed by atoms with Crippen LogP contribution in [-0.4, -0.2) is 74.1 Å². The van der Waals surface area contributed by atoms with E-state index in [1.165, 1.54) is 37.6 Å². The Labute approximate surface area is 258 Å². The van der Waals surface area contributed by atoms with Gasteiger partial charge in [0.15, 0.2) is 5.75 Å². The summed E-state index contributed by atoms with van der Waals surface area (Å²) in [6, 6.07) is 11.6. The number of hydrogen-bond donors (Lipinski definition) is 3. The lowest BCUT2D eigenvalue weighted by molar-refractivity contribution is -0.134. The second-order valence-electron chi connectivity index (χ2n) is 10.9. The minimum atomic E-state index is -4.22. The predicted molar refractivity (Wildman–Crippen MR) is 172 cm³/mol. The van der Waals surface area contributed by atoms with Gasteiger partial charge in [-0.25, -0.2) is 8.42 Å². The molecule has 2 aromatic rings. The van der Waals surface area contributed by atoms with E-state index in [0.29, 0.717) is 16.9 Å². The van der Waals surface area contributed by atoms with Crippen molar-refractivity contribution in [3.8, 4) is 5.75 Å². The van der Waals surface area contributed by atoms with E-state index in [-0.39, 0.29) is 29.2 Å². The van der Waals surface area contributed by atoms with Crippen LogP contribution >= 0.6 is 11.6 Å². The molecular weight excluding hydrogens is 590 g/mol. The van der Waals surface area contributed by atoms with Crippen LogP contribution in [0, 0.1) is 5.41 Å². The van der Waals surface area contributed by atoms with Crippen LogP contribution in [0.4, 0.5) is 5.69 Å². The lowest BCUT2D eigenvalue weighted by atomic mass is 10.1. The van der Waals surface area contributed by atoms with Crippen LogP contribution in [0.3, 0.4) is 0 Å². The van der Waals surface area contributed by atoms with Crippen molar-refractivity contribution in [2.24, 2.45) is 10.7 Å². The van der Waals surface area contributed by atoms with Gasteiger partial charge in [0.05, 0.1) is 23.1 Å². The number of nitrogens with two attached hydrogens (primary N) is 1. The standard InChI is InChI=1S/C31H40ClN5O5S/c32-27-21-25(37(43(40,41)22-30(38)39)17-7-9-23-8-6-10-24(20-23)31(33)34)12-13-28(27)42-26-14-18-36(19-15-26)29-11-4-2-1-3-5-16-35-29/h6-10,12-13,20-21,26H,1-5,11,14-19,22H2,(H3,33,34)(H,38,39). The topological polar surface area (TPSA) is 149 Å². The molecule has 1 fully saturated rings. The number of benzene rings is 2. The molecule has 0 radical (unpaired) electrons. The van der Waals surface area contributed by atoms with Crippen LogP contribution < -0.4 is 14.8 Å². The second kappa shape index (κ2) is 15.2. The minimum Gasteiger partial charge on any atom is -0.489 e. The summed E-state index contributed by atoms with van der Waals surface area (Å²) in [5, 5.41) is 17.1. The monoisotopic (exact) mass is 629 g/mol. The molecule has 10 nitrogen and oxygen atoms in total. The third-order valence-corrected chi connectivity index (χ3v) is 9.52. The first-order valence-electron chi connectivity index (χ1n) is 14.7. The molecule has 0 amide bonds. The Morgan fingerprint density at radius 1 is 1.14 bits per heavy atom. The summed E-state index contributed by atoms with van der Waals surface area (Å²) in [5.74, 6) is -0.938. The van der Waals surface area contributed by atoms with Crippen molar-refractivity contribution in [3.05, 3.63) is 64.7 Å². The van der Waals surface area contributed by atoms with Gasteiger partial charge in [-0.2, -0.15) is 0 Å². The van der Waals surface area contributed by atoms with Gasteiger partial charge in [0.25, 0.3) is 0 Å². The molecule has 232 valence electrons. The molecule has 0 unspecified atom stereocenters. The fourth-order valence-corrected chi connectivity index (χ4v) is 6.77. The number of hydrogen-bond acceptors (Lipinski definition) is 7. The summed E-state index contributed by atoms with van der Waals surface area (Å²) in [6.07, 6.45) is 12.1. The number of nitrogen functional groups attached to an aromatic ring is 1. The largest absolute Gasteiger partial charge is 0.489 e. The van der Waals surface area contributed by atoms with Crippen LogP contribution in [0.15, 0.2) is 53.5 Å². The lowest BCUT2D eigenvalue weighted by Gasteiger charge is -2.34. The number of aliphatic carboxylic acids is 1. The fraction of sp³-hybridized carbons (Fsp3) is 0.452. The van der Waals surface area contributed by atoms with Crippen LogP contribution in [-0.2, 0) is 14.8 Å². The Bertz CT molecular complexity index is 1450. The number of piperidine rings is 1. The van der Waals surface area contributed by atoms with Crippen molar-refractivity contribution in [3.63, 3.8) is 0 Å². The first-order valence-corrected chi connectivity index (χ1v) is 16.7. The van der Waals surface area contributed by atoms with Crippen molar-refractivity contribution >= 4 is 51.0 Å². The summed E-state index contributed by atoms with van der Waals surface area (Å²) in [7, 11) is -4.22. The average Bonchev–Trinajstić information content (AvgIpc) is 3.10. The Hall–Kier alpha value is -3.57.